The number of hydrogen-bond acceptors (Lipinski definition) is 1. The van der Waals surface area contributed by atoms with Crippen molar-refractivity contribution in [3.63, 3.8) is 0 Å². The first-order valence-electron chi connectivity index (χ1n) is 16.5. The highest BCUT2D eigenvalue weighted by molar-refractivity contribution is 7.26. The van der Waals surface area contributed by atoms with E-state index in [-0.39, 0.29) is 5.41 Å². The predicted molar refractivity (Wildman–Crippen MR) is 204 cm³/mol. The number of nitrogens with zero attached hydrogens (tertiary/aromatic N) is 1. The van der Waals surface area contributed by atoms with E-state index in [4.69, 9.17) is 0 Å². The molecule has 220 valence electrons. The number of aromatic nitrogens is 1. The molecule has 0 bridgehead atoms. The van der Waals surface area contributed by atoms with Gasteiger partial charge in [0.15, 0.2) is 0 Å². The lowest BCUT2D eigenvalue weighted by atomic mass is 9.80. The summed E-state index contributed by atoms with van der Waals surface area (Å²) in [6.45, 7) is 4.85. The second-order valence-electron chi connectivity index (χ2n) is 13.6. The maximum Gasteiger partial charge on any atom is 0.0637 e. The molecule has 2 heteroatoms. The van der Waals surface area contributed by atoms with E-state index in [9.17, 15) is 0 Å². The summed E-state index contributed by atoms with van der Waals surface area (Å²) >= 11 is 1.95. The van der Waals surface area contributed by atoms with Crippen molar-refractivity contribution in [1.29, 1.82) is 0 Å². The van der Waals surface area contributed by atoms with Crippen LogP contribution >= 0.6 is 11.3 Å². The van der Waals surface area contributed by atoms with E-state index in [1.165, 1.54) is 102 Å². The first-order chi connectivity index (χ1) is 23.1. The van der Waals surface area contributed by atoms with Crippen molar-refractivity contribution >= 4 is 85.6 Å². The van der Waals surface area contributed by atoms with Gasteiger partial charge in [0.25, 0.3) is 0 Å². The first kappa shape index (κ1) is 25.7. The van der Waals surface area contributed by atoms with Crippen LogP contribution in [0.1, 0.15) is 25.0 Å². The summed E-state index contributed by atoms with van der Waals surface area (Å²) in [5, 5.41) is 13.3. The third kappa shape index (κ3) is 3.14. The molecule has 2 aromatic heterocycles. The number of rotatable bonds is 1. The van der Waals surface area contributed by atoms with Gasteiger partial charge in [-0.3, -0.25) is 0 Å². The third-order valence-corrected chi connectivity index (χ3v) is 12.1. The summed E-state index contributed by atoms with van der Waals surface area (Å²) in [5.41, 5.74) is 9.25. The molecular formula is C45H29NS. The van der Waals surface area contributed by atoms with Crippen molar-refractivity contribution in [2.75, 3.05) is 0 Å². The Morgan fingerprint density at radius 1 is 0.511 bits per heavy atom. The Morgan fingerprint density at radius 2 is 1.09 bits per heavy atom. The lowest BCUT2D eigenvalue weighted by molar-refractivity contribution is 0.667. The van der Waals surface area contributed by atoms with Gasteiger partial charge in [0.2, 0.25) is 0 Å². The molecule has 0 spiro atoms. The number of fused-ring (bicyclic) bond motifs is 18. The Hall–Kier alpha value is -5.44. The van der Waals surface area contributed by atoms with Gasteiger partial charge in [-0.25, -0.2) is 0 Å². The summed E-state index contributed by atoms with van der Waals surface area (Å²) in [5.74, 6) is 0. The molecule has 47 heavy (non-hydrogen) atoms. The van der Waals surface area contributed by atoms with Crippen molar-refractivity contribution < 1.29 is 0 Å². The molecular weight excluding hydrogens is 587 g/mol. The fourth-order valence-electron chi connectivity index (χ4n) is 8.99. The van der Waals surface area contributed by atoms with Crippen LogP contribution in [0.25, 0.3) is 91.1 Å². The maximum absolute atomic E-state index is 2.58. The normalized spacial score (nSPS) is 13.9. The molecule has 10 aromatic rings. The Bertz CT molecular complexity index is 2950. The molecule has 1 aliphatic carbocycles. The van der Waals surface area contributed by atoms with E-state index < -0.39 is 0 Å². The molecule has 0 N–H and O–H groups in total. The largest absolute Gasteiger partial charge is 0.309 e. The fraction of sp³-hybridized carbons (Fsp3) is 0.0667. The maximum atomic E-state index is 2.58. The molecule has 0 unspecified atom stereocenters. The van der Waals surface area contributed by atoms with Crippen LogP contribution in [0.15, 0.2) is 140 Å². The molecule has 0 amide bonds. The third-order valence-electron chi connectivity index (χ3n) is 10.9. The lowest BCUT2D eigenvalue weighted by Gasteiger charge is -2.23. The zero-order valence-corrected chi connectivity index (χ0v) is 27.0. The Balaban J connectivity index is 1.39. The first-order valence-corrected chi connectivity index (χ1v) is 17.3. The van der Waals surface area contributed by atoms with Crippen molar-refractivity contribution in [3.8, 4) is 16.8 Å². The van der Waals surface area contributed by atoms with Gasteiger partial charge >= 0.3 is 0 Å². The molecule has 2 heterocycles. The van der Waals surface area contributed by atoms with E-state index in [0.29, 0.717) is 0 Å². The van der Waals surface area contributed by atoms with Gasteiger partial charge in [-0.1, -0.05) is 129 Å². The average Bonchev–Trinajstić information content (AvgIpc) is 3.74. The van der Waals surface area contributed by atoms with Gasteiger partial charge < -0.3 is 4.57 Å². The predicted octanol–water partition coefficient (Wildman–Crippen LogP) is 12.9. The zero-order chi connectivity index (χ0) is 31.0. The van der Waals surface area contributed by atoms with E-state index in [2.05, 4.69) is 158 Å². The number of benzene rings is 8. The van der Waals surface area contributed by atoms with Crippen molar-refractivity contribution in [2.45, 2.75) is 19.3 Å². The Morgan fingerprint density at radius 3 is 1.83 bits per heavy atom. The molecule has 1 aliphatic rings. The number of hydrogen-bond donors (Lipinski definition) is 0. The van der Waals surface area contributed by atoms with Crippen LogP contribution in [-0.4, -0.2) is 4.57 Å². The highest BCUT2D eigenvalue weighted by Crippen LogP contribution is 2.58. The summed E-state index contributed by atoms with van der Waals surface area (Å²) in [6.07, 6.45) is 0. The van der Waals surface area contributed by atoms with Crippen LogP contribution in [-0.2, 0) is 5.41 Å². The van der Waals surface area contributed by atoms with Crippen LogP contribution in [0.5, 0.6) is 0 Å². The average molecular weight is 616 g/mol. The van der Waals surface area contributed by atoms with Crippen molar-refractivity contribution in [2.24, 2.45) is 0 Å². The van der Waals surface area contributed by atoms with E-state index >= 15 is 0 Å². The van der Waals surface area contributed by atoms with Crippen molar-refractivity contribution in [3.05, 3.63) is 151 Å². The van der Waals surface area contributed by atoms with Crippen molar-refractivity contribution in [1.82, 2.24) is 4.57 Å². The number of para-hydroxylation sites is 1. The molecule has 0 fully saturated rings. The molecule has 8 aromatic carbocycles. The molecule has 0 atom stereocenters. The monoisotopic (exact) mass is 615 g/mol. The van der Waals surface area contributed by atoms with Gasteiger partial charge in [0.1, 0.15) is 0 Å². The van der Waals surface area contributed by atoms with Gasteiger partial charge in [0.05, 0.1) is 11.0 Å². The number of thiophene rings is 1. The Kier molecular flexibility index (Phi) is 4.86. The van der Waals surface area contributed by atoms with Gasteiger partial charge in [-0.2, -0.15) is 0 Å². The summed E-state index contributed by atoms with van der Waals surface area (Å²) in [4.78, 5) is 0. The second-order valence-corrected chi connectivity index (χ2v) is 14.7. The van der Waals surface area contributed by atoms with Gasteiger partial charge in [0, 0.05) is 47.6 Å². The van der Waals surface area contributed by atoms with Crippen LogP contribution in [0.2, 0.25) is 0 Å². The minimum Gasteiger partial charge on any atom is -0.309 e. The molecule has 1 nitrogen and oxygen atoms in total. The second kappa shape index (κ2) is 8.88. The highest BCUT2D eigenvalue weighted by atomic mass is 32.1. The quantitative estimate of drug-likeness (QED) is 0.162. The minimum absolute atomic E-state index is 0.137. The van der Waals surface area contributed by atoms with Crippen LogP contribution in [0.4, 0.5) is 0 Å². The smallest absolute Gasteiger partial charge is 0.0637 e. The summed E-state index contributed by atoms with van der Waals surface area (Å²) in [6, 6.07) is 52.1. The Labute approximate surface area is 275 Å². The van der Waals surface area contributed by atoms with E-state index in [1.807, 2.05) is 11.3 Å². The van der Waals surface area contributed by atoms with Crippen LogP contribution < -0.4 is 0 Å². The van der Waals surface area contributed by atoms with E-state index in [0.717, 1.165) is 0 Å². The molecule has 0 saturated carbocycles. The minimum atomic E-state index is -0.137. The van der Waals surface area contributed by atoms with E-state index in [1.54, 1.807) is 0 Å². The highest BCUT2D eigenvalue weighted by Gasteiger charge is 2.40. The fourth-order valence-corrected chi connectivity index (χ4v) is 10.3. The zero-order valence-electron chi connectivity index (χ0n) is 26.1. The summed E-state index contributed by atoms with van der Waals surface area (Å²) < 4.78 is 5.33. The van der Waals surface area contributed by atoms with Gasteiger partial charge in [-0.05, 0) is 73.3 Å². The van der Waals surface area contributed by atoms with Gasteiger partial charge in [-0.15, -0.1) is 11.3 Å². The van der Waals surface area contributed by atoms with Crippen LogP contribution in [0, 0.1) is 0 Å². The standard InChI is InChI=1S/C45H29NS/c1-45(2)36-20-10-7-17-32(36)39-42(45)40-34-19-9-12-22-38(34)47-44(40)41-33-18-8-11-21-37(33)46(43(39)41)26-23-24-31-29-15-4-3-13-27(29)28-14-5-6-16-30(28)35(31)25-26/h3-25H,1-2H3. The molecule has 11 rings (SSSR count). The topological polar surface area (TPSA) is 4.93 Å². The summed E-state index contributed by atoms with van der Waals surface area (Å²) in [7, 11) is 0. The SMILES string of the molecule is CC1(C)c2ccccc2-c2c1c1c3ccccc3sc1c1c3ccccc3n(-c3ccc4c5ccccc5c5ccccc5c4c3)c21. The van der Waals surface area contributed by atoms with Crippen LogP contribution in [0.3, 0.4) is 0 Å². The molecule has 0 radical (unpaired) electrons. The molecule has 0 aliphatic heterocycles. The lowest BCUT2D eigenvalue weighted by Crippen LogP contribution is -2.15. The molecule has 0 saturated heterocycles.